The second kappa shape index (κ2) is 8.11. The first-order chi connectivity index (χ1) is 11.9. The Hall–Kier alpha value is -2.41. The van der Waals surface area contributed by atoms with Crippen molar-refractivity contribution in [2.75, 3.05) is 26.7 Å². The molecule has 2 amide bonds. The van der Waals surface area contributed by atoms with Crippen molar-refractivity contribution < 1.29 is 9.59 Å². The van der Waals surface area contributed by atoms with Crippen LogP contribution in [0.25, 0.3) is 10.9 Å². The van der Waals surface area contributed by atoms with Gasteiger partial charge in [-0.1, -0.05) is 11.6 Å². The van der Waals surface area contributed by atoms with E-state index < -0.39 is 0 Å². The monoisotopic (exact) mass is 364 g/mol. The van der Waals surface area contributed by atoms with Gasteiger partial charge in [0.15, 0.2) is 0 Å². The predicted octanol–water partition coefficient (Wildman–Crippen LogP) is 1.38. The molecule has 1 heterocycles. The van der Waals surface area contributed by atoms with Crippen LogP contribution in [0.2, 0.25) is 5.02 Å². The van der Waals surface area contributed by atoms with Crippen molar-refractivity contribution in [2.45, 2.75) is 20.4 Å². The number of rotatable bonds is 6. The van der Waals surface area contributed by atoms with Gasteiger partial charge < -0.3 is 9.80 Å². The standard InChI is InChI=1S/C17H21ClN4O3/c1-4-21(5-2)16(24)9-20(3)15(23)10-22-11-19-14-7-6-12(18)8-13(14)17(22)25/h6-8,11H,4-5,9-10H2,1-3H3. The number of hydrogen-bond acceptors (Lipinski definition) is 4. The molecule has 0 saturated carbocycles. The first-order valence-corrected chi connectivity index (χ1v) is 8.41. The molecule has 0 aliphatic carbocycles. The molecule has 8 heteroatoms. The molecule has 0 bridgehead atoms. The van der Waals surface area contributed by atoms with Gasteiger partial charge in [-0.2, -0.15) is 0 Å². The first kappa shape index (κ1) is 18.9. The summed E-state index contributed by atoms with van der Waals surface area (Å²) in [5.74, 6) is -0.470. The third kappa shape index (κ3) is 4.36. The quantitative estimate of drug-likeness (QED) is 0.776. The van der Waals surface area contributed by atoms with E-state index in [0.717, 1.165) is 0 Å². The molecule has 0 atom stereocenters. The van der Waals surface area contributed by atoms with Gasteiger partial charge in [-0.05, 0) is 32.0 Å². The highest BCUT2D eigenvalue weighted by Gasteiger charge is 2.17. The fraction of sp³-hybridized carbons (Fsp3) is 0.412. The van der Waals surface area contributed by atoms with Gasteiger partial charge in [-0.25, -0.2) is 4.98 Å². The number of amides is 2. The minimum Gasteiger partial charge on any atom is -0.342 e. The van der Waals surface area contributed by atoms with Gasteiger partial charge in [-0.3, -0.25) is 19.0 Å². The smallest absolute Gasteiger partial charge is 0.261 e. The zero-order valence-electron chi connectivity index (χ0n) is 14.5. The summed E-state index contributed by atoms with van der Waals surface area (Å²) in [5.41, 5.74) is 0.174. The summed E-state index contributed by atoms with van der Waals surface area (Å²) in [5, 5.41) is 0.780. The van der Waals surface area contributed by atoms with E-state index in [0.29, 0.717) is 29.0 Å². The van der Waals surface area contributed by atoms with Crippen LogP contribution in [-0.4, -0.2) is 57.8 Å². The van der Waals surface area contributed by atoms with Crippen LogP contribution in [0.4, 0.5) is 0 Å². The molecule has 0 radical (unpaired) electrons. The molecule has 2 aromatic rings. The van der Waals surface area contributed by atoms with Gasteiger partial charge in [0.25, 0.3) is 5.56 Å². The number of halogens is 1. The van der Waals surface area contributed by atoms with Gasteiger partial charge >= 0.3 is 0 Å². The normalized spacial score (nSPS) is 10.7. The topological polar surface area (TPSA) is 75.5 Å². The Balaban J connectivity index is 2.15. The van der Waals surface area contributed by atoms with Crippen LogP contribution in [0, 0.1) is 0 Å². The average molecular weight is 365 g/mol. The van der Waals surface area contributed by atoms with Crippen LogP contribution in [0.15, 0.2) is 29.3 Å². The molecule has 1 aromatic heterocycles. The van der Waals surface area contributed by atoms with E-state index in [1.807, 2.05) is 13.8 Å². The fourth-order valence-corrected chi connectivity index (χ4v) is 2.65. The number of benzene rings is 1. The van der Waals surface area contributed by atoms with Crippen LogP contribution >= 0.6 is 11.6 Å². The highest BCUT2D eigenvalue weighted by Crippen LogP contribution is 2.14. The molecule has 25 heavy (non-hydrogen) atoms. The van der Waals surface area contributed by atoms with Crippen molar-refractivity contribution >= 4 is 34.3 Å². The third-order valence-electron chi connectivity index (χ3n) is 4.01. The largest absolute Gasteiger partial charge is 0.342 e. The molecule has 2 rings (SSSR count). The van der Waals surface area contributed by atoms with E-state index in [-0.39, 0.29) is 30.5 Å². The molecule has 0 aliphatic rings. The van der Waals surface area contributed by atoms with Crippen molar-refractivity contribution in [3.05, 3.63) is 39.9 Å². The van der Waals surface area contributed by atoms with E-state index in [4.69, 9.17) is 11.6 Å². The zero-order chi connectivity index (χ0) is 18.6. The van der Waals surface area contributed by atoms with E-state index in [1.165, 1.54) is 21.9 Å². The minimum absolute atomic E-state index is 0.0257. The van der Waals surface area contributed by atoms with Crippen molar-refractivity contribution in [1.29, 1.82) is 0 Å². The maximum absolute atomic E-state index is 12.5. The summed E-state index contributed by atoms with van der Waals surface area (Å²) in [6.07, 6.45) is 1.33. The molecule has 0 unspecified atom stereocenters. The number of aromatic nitrogens is 2. The molecule has 0 aliphatic heterocycles. The maximum atomic E-state index is 12.5. The van der Waals surface area contributed by atoms with Gasteiger partial charge in [-0.15, -0.1) is 0 Å². The summed E-state index contributed by atoms with van der Waals surface area (Å²) in [7, 11) is 1.54. The lowest BCUT2D eigenvalue weighted by Crippen LogP contribution is -2.42. The van der Waals surface area contributed by atoms with E-state index in [9.17, 15) is 14.4 Å². The van der Waals surface area contributed by atoms with E-state index in [2.05, 4.69) is 4.98 Å². The molecular formula is C17H21ClN4O3. The summed E-state index contributed by atoms with van der Waals surface area (Å²) in [6, 6.07) is 4.83. The lowest BCUT2D eigenvalue weighted by Gasteiger charge is -2.23. The lowest BCUT2D eigenvalue weighted by molar-refractivity contribution is -0.139. The zero-order valence-corrected chi connectivity index (χ0v) is 15.3. The lowest BCUT2D eigenvalue weighted by atomic mass is 10.2. The average Bonchev–Trinajstić information content (AvgIpc) is 2.58. The van der Waals surface area contributed by atoms with E-state index in [1.54, 1.807) is 24.1 Å². The van der Waals surface area contributed by atoms with Crippen molar-refractivity contribution in [1.82, 2.24) is 19.4 Å². The molecule has 0 N–H and O–H groups in total. The second-order valence-corrected chi connectivity index (χ2v) is 6.09. The van der Waals surface area contributed by atoms with Crippen molar-refractivity contribution in [3.63, 3.8) is 0 Å². The maximum Gasteiger partial charge on any atom is 0.261 e. The second-order valence-electron chi connectivity index (χ2n) is 5.65. The van der Waals surface area contributed by atoms with Gasteiger partial charge in [0, 0.05) is 25.2 Å². The highest BCUT2D eigenvalue weighted by molar-refractivity contribution is 6.31. The van der Waals surface area contributed by atoms with Crippen molar-refractivity contribution in [2.24, 2.45) is 0 Å². The summed E-state index contributed by atoms with van der Waals surface area (Å²) in [6.45, 7) is 4.74. The van der Waals surface area contributed by atoms with Crippen LogP contribution < -0.4 is 5.56 Å². The number of carbonyl (C=O) groups excluding carboxylic acids is 2. The molecule has 0 spiro atoms. The van der Waals surface area contributed by atoms with Gasteiger partial charge in [0.2, 0.25) is 11.8 Å². The number of nitrogens with zero attached hydrogens (tertiary/aromatic N) is 4. The van der Waals surface area contributed by atoms with E-state index >= 15 is 0 Å². The van der Waals surface area contributed by atoms with Crippen LogP contribution in [0.3, 0.4) is 0 Å². The number of fused-ring (bicyclic) bond motifs is 1. The minimum atomic E-state index is -0.343. The van der Waals surface area contributed by atoms with Gasteiger partial charge in [0.1, 0.15) is 6.54 Å². The molecular weight excluding hydrogens is 344 g/mol. The SMILES string of the molecule is CCN(CC)C(=O)CN(C)C(=O)Cn1cnc2ccc(Cl)cc2c1=O. The Morgan fingerprint density at radius 2 is 1.88 bits per heavy atom. The third-order valence-corrected chi connectivity index (χ3v) is 4.24. The fourth-order valence-electron chi connectivity index (χ4n) is 2.48. The molecule has 0 fully saturated rings. The number of likely N-dealkylation sites (N-methyl/N-ethyl adjacent to an activating group) is 2. The van der Waals surface area contributed by atoms with Crippen LogP contribution in [0.5, 0.6) is 0 Å². The van der Waals surface area contributed by atoms with Crippen LogP contribution in [-0.2, 0) is 16.1 Å². The Labute approximate surface area is 150 Å². The number of carbonyl (C=O) groups is 2. The first-order valence-electron chi connectivity index (χ1n) is 8.03. The Kier molecular flexibility index (Phi) is 6.14. The Morgan fingerprint density at radius 1 is 1.20 bits per heavy atom. The molecule has 0 saturated heterocycles. The Morgan fingerprint density at radius 3 is 2.52 bits per heavy atom. The van der Waals surface area contributed by atoms with Crippen molar-refractivity contribution in [3.8, 4) is 0 Å². The molecule has 7 nitrogen and oxygen atoms in total. The Bertz CT molecular complexity index is 845. The summed E-state index contributed by atoms with van der Waals surface area (Å²) >= 11 is 5.92. The summed E-state index contributed by atoms with van der Waals surface area (Å²) < 4.78 is 1.22. The molecule has 1 aromatic carbocycles. The molecule has 134 valence electrons. The summed E-state index contributed by atoms with van der Waals surface area (Å²) in [4.78, 5) is 44.0. The van der Waals surface area contributed by atoms with Gasteiger partial charge in [0.05, 0.1) is 23.8 Å². The number of hydrogen-bond donors (Lipinski definition) is 0. The highest BCUT2D eigenvalue weighted by atomic mass is 35.5. The predicted molar refractivity (Wildman–Crippen MR) is 96.6 cm³/mol. The van der Waals surface area contributed by atoms with Crippen LogP contribution in [0.1, 0.15) is 13.8 Å².